The molecule has 0 aliphatic carbocycles. The molecule has 0 heterocycles. The Hall–Kier alpha value is -2.38. The third kappa shape index (κ3) is 3.04. The van der Waals surface area contributed by atoms with E-state index in [1.54, 1.807) is 6.92 Å². The largest absolute Gasteiger partial charge is 0.389 e. The topological polar surface area (TPSA) is 20.2 Å². The molecule has 1 heteroatoms. The van der Waals surface area contributed by atoms with Gasteiger partial charge >= 0.3 is 0 Å². The van der Waals surface area contributed by atoms with Gasteiger partial charge in [0.2, 0.25) is 0 Å². The van der Waals surface area contributed by atoms with E-state index in [0.29, 0.717) is 0 Å². The van der Waals surface area contributed by atoms with E-state index < -0.39 is 6.10 Å². The number of hydrogen-bond acceptors (Lipinski definition) is 1. The minimum Gasteiger partial charge on any atom is -0.389 e. The van der Waals surface area contributed by atoms with Gasteiger partial charge in [-0.25, -0.2) is 0 Å². The van der Waals surface area contributed by atoms with Crippen LogP contribution in [0.1, 0.15) is 18.6 Å². The summed E-state index contributed by atoms with van der Waals surface area (Å²) in [5.41, 5.74) is 5.53. The molecule has 0 aliphatic heterocycles. The summed E-state index contributed by atoms with van der Waals surface area (Å²) < 4.78 is 0. The summed E-state index contributed by atoms with van der Waals surface area (Å²) in [6, 6.07) is 26.8. The molecule has 3 rings (SSSR count). The van der Waals surface area contributed by atoms with E-state index in [2.05, 4.69) is 42.5 Å². The quantitative estimate of drug-likeness (QED) is 0.706. The Morgan fingerprint density at radius 1 is 0.619 bits per heavy atom. The zero-order chi connectivity index (χ0) is 14.7. The molecule has 1 atom stereocenters. The molecule has 1 N–H and O–H groups in total. The van der Waals surface area contributed by atoms with Gasteiger partial charge in [0.05, 0.1) is 6.10 Å². The van der Waals surface area contributed by atoms with E-state index in [9.17, 15) is 5.11 Å². The summed E-state index contributed by atoms with van der Waals surface area (Å²) in [7, 11) is 0. The summed E-state index contributed by atoms with van der Waals surface area (Å²) in [6.45, 7) is 1.80. The lowest BCUT2D eigenvalue weighted by Crippen LogP contribution is -1.93. The molecule has 0 aliphatic rings. The number of hydrogen-bond donors (Lipinski definition) is 1. The van der Waals surface area contributed by atoms with Crippen LogP contribution in [0.5, 0.6) is 0 Å². The van der Waals surface area contributed by atoms with Crippen LogP contribution in [0.2, 0.25) is 0 Å². The normalized spacial score (nSPS) is 12.1. The molecule has 0 aromatic heterocycles. The van der Waals surface area contributed by atoms with Crippen molar-refractivity contribution in [1.29, 1.82) is 0 Å². The monoisotopic (exact) mass is 274 g/mol. The highest BCUT2D eigenvalue weighted by Crippen LogP contribution is 2.30. The van der Waals surface area contributed by atoms with Crippen molar-refractivity contribution in [2.45, 2.75) is 13.0 Å². The van der Waals surface area contributed by atoms with Gasteiger partial charge in [-0.1, -0.05) is 60.7 Å². The van der Waals surface area contributed by atoms with Crippen molar-refractivity contribution in [3.8, 4) is 22.3 Å². The standard InChI is InChI=1S/C20H18O/c1-15(21)18-12-19(16-8-4-2-5-9-16)14-20(13-18)17-10-6-3-7-11-17/h2-15,21H,1H3/t15-/m0/s1. The van der Waals surface area contributed by atoms with Crippen LogP contribution in [0.25, 0.3) is 22.3 Å². The van der Waals surface area contributed by atoms with Crippen molar-refractivity contribution in [3.63, 3.8) is 0 Å². The first kappa shape index (κ1) is 13.6. The fourth-order valence-corrected chi connectivity index (χ4v) is 2.49. The predicted molar refractivity (Wildman–Crippen MR) is 87.9 cm³/mol. The maximum atomic E-state index is 9.97. The molecular formula is C20H18O. The summed E-state index contributed by atoms with van der Waals surface area (Å²) in [4.78, 5) is 0. The van der Waals surface area contributed by atoms with Gasteiger partial charge in [-0.3, -0.25) is 0 Å². The molecule has 3 aromatic carbocycles. The molecule has 0 radical (unpaired) electrons. The summed E-state index contributed by atoms with van der Waals surface area (Å²) in [6.07, 6.45) is -0.476. The second-order valence-electron chi connectivity index (χ2n) is 5.25. The Morgan fingerprint density at radius 3 is 1.43 bits per heavy atom. The third-order valence-electron chi connectivity index (χ3n) is 3.65. The van der Waals surface area contributed by atoms with Crippen LogP contribution in [0.3, 0.4) is 0 Å². The SMILES string of the molecule is C[C@H](O)c1cc(-c2ccccc2)cc(-c2ccccc2)c1. The lowest BCUT2D eigenvalue weighted by Gasteiger charge is -2.12. The first-order valence-electron chi connectivity index (χ1n) is 7.18. The fourth-order valence-electron chi connectivity index (χ4n) is 2.49. The van der Waals surface area contributed by atoms with Crippen LogP contribution in [0.15, 0.2) is 78.9 Å². The van der Waals surface area contributed by atoms with E-state index >= 15 is 0 Å². The van der Waals surface area contributed by atoms with Gasteiger partial charge in [0.1, 0.15) is 0 Å². The lowest BCUT2D eigenvalue weighted by molar-refractivity contribution is 0.199. The van der Waals surface area contributed by atoms with E-state index in [-0.39, 0.29) is 0 Å². The van der Waals surface area contributed by atoms with Gasteiger partial charge in [-0.2, -0.15) is 0 Å². The van der Waals surface area contributed by atoms with Crippen LogP contribution in [-0.4, -0.2) is 5.11 Å². The number of benzene rings is 3. The molecule has 0 spiro atoms. The van der Waals surface area contributed by atoms with Crippen LogP contribution in [0, 0.1) is 0 Å². The molecule has 0 saturated carbocycles. The lowest BCUT2D eigenvalue weighted by atomic mass is 9.94. The first-order valence-corrected chi connectivity index (χ1v) is 7.18. The summed E-state index contributed by atoms with van der Waals surface area (Å²) in [5, 5.41) is 9.97. The minimum absolute atomic E-state index is 0.476. The van der Waals surface area contributed by atoms with E-state index in [1.807, 2.05) is 36.4 Å². The fraction of sp³-hybridized carbons (Fsp3) is 0.100. The molecule has 0 unspecified atom stereocenters. The van der Waals surface area contributed by atoms with Gasteiger partial charge < -0.3 is 5.11 Å². The van der Waals surface area contributed by atoms with Gasteiger partial charge in [0.15, 0.2) is 0 Å². The second-order valence-corrected chi connectivity index (χ2v) is 5.25. The van der Waals surface area contributed by atoms with Gasteiger partial charge in [-0.05, 0) is 52.9 Å². The van der Waals surface area contributed by atoms with Crippen LogP contribution in [-0.2, 0) is 0 Å². The highest BCUT2D eigenvalue weighted by atomic mass is 16.3. The molecule has 0 bridgehead atoms. The molecule has 1 nitrogen and oxygen atoms in total. The summed E-state index contributed by atoms with van der Waals surface area (Å²) in [5.74, 6) is 0. The zero-order valence-electron chi connectivity index (χ0n) is 12.0. The van der Waals surface area contributed by atoms with Crippen molar-refractivity contribution in [1.82, 2.24) is 0 Å². The highest BCUT2D eigenvalue weighted by Gasteiger charge is 2.08. The van der Waals surface area contributed by atoms with Crippen LogP contribution >= 0.6 is 0 Å². The third-order valence-corrected chi connectivity index (χ3v) is 3.65. The second kappa shape index (κ2) is 5.94. The predicted octanol–water partition coefficient (Wildman–Crippen LogP) is 5.07. The molecule has 104 valence electrons. The highest BCUT2D eigenvalue weighted by molar-refractivity contribution is 5.74. The Bertz CT molecular complexity index is 658. The summed E-state index contributed by atoms with van der Waals surface area (Å²) >= 11 is 0. The molecule has 3 aromatic rings. The first-order chi connectivity index (χ1) is 10.2. The minimum atomic E-state index is -0.476. The zero-order valence-corrected chi connectivity index (χ0v) is 12.0. The average Bonchev–Trinajstić information content (AvgIpc) is 2.56. The van der Waals surface area contributed by atoms with Crippen molar-refractivity contribution >= 4 is 0 Å². The van der Waals surface area contributed by atoms with E-state index in [1.165, 1.54) is 0 Å². The molecule has 0 saturated heterocycles. The average molecular weight is 274 g/mol. The molecular weight excluding hydrogens is 256 g/mol. The van der Waals surface area contributed by atoms with E-state index in [4.69, 9.17) is 0 Å². The van der Waals surface area contributed by atoms with Gasteiger partial charge in [-0.15, -0.1) is 0 Å². The van der Waals surface area contributed by atoms with Crippen LogP contribution in [0.4, 0.5) is 0 Å². The number of rotatable bonds is 3. The van der Waals surface area contributed by atoms with Gasteiger partial charge in [0.25, 0.3) is 0 Å². The molecule has 21 heavy (non-hydrogen) atoms. The molecule has 0 amide bonds. The maximum Gasteiger partial charge on any atom is 0.0762 e. The number of aliphatic hydroxyl groups is 1. The Morgan fingerprint density at radius 2 is 1.05 bits per heavy atom. The van der Waals surface area contributed by atoms with Crippen molar-refractivity contribution in [2.24, 2.45) is 0 Å². The van der Waals surface area contributed by atoms with Gasteiger partial charge in [0, 0.05) is 0 Å². The smallest absolute Gasteiger partial charge is 0.0762 e. The molecule has 0 fully saturated rings. The Balaban J connectivity index is 2.16. The maximum absolute atomic E-state index is 9.97. The van der Waals surface area contributed by atoms with Crippen molar-refractivity contribution < 1.29 is 5.11 Å². The van der Waals surface area contributed by atoms with Crippen LogP contribution < -0.4 is 0 Å². The number of aliphatic hydroxyl groups excluding tert-OH is 1. The van der Waals surface area contributed by atoms with Crippen molar-refractivity contribution in [3.05, 3.63) is 84.4 Å². The Labute approximate surface area is 125 Å². The Kier molecular flexibility index (Phi) is 3.85. The van der Waals surface area contributed by atoms with E-state index in [0.717, 1.165) is 27.8 Å². The van der Waals surface area contributed by atoms with Crippen molar-refractivity contribution in [2.75, 3.05) is 0 Å².